The first-order chi connectivity index (χ1) is 14.7. The number of fused-ring (bicyclic) bond motifs is 2. The fraction of sp³-hybridized carbons (Fsp3) is 0.0400. The zero-order chi connectivity index (χ0) is 20.5. The van der Waals surface area contributed by atoms with Crippen molar-refractivity contribution in [3.05, 3.63) is 88.6 Å². The van der Waals surface area contributed by atoms with E-state index in [1.807, 2.05) is 24.4 Å². The van der Waals surface area contributed by atoms with Crippen LogP contribution in [0.25, 0.3) is 33.3 Å². The van der Waals surface area contributed by atoms with E-state index in [9.17, 15) is 5.26 Å². The van der Waals surface area contributed by atoms with Crippen molar-refractivity contribution < 1.29 is 0 Å². The molecule has 0 amide bonds. The van der Waals surface area contributed by atoms with Gasteiger partial charge in [-0.2, -0.15) is 5.26 Å². The molecule has 0 unspecified atom stereocenters. The molecule has 2 aromatic carbocycles. The van der Waals surface area contributed by atoms with E-state index in [1.165, 1.54) is 5.56 Å². The van der Waals surface area contributed by atoms with E-state index >= 15 is 0 Å². The maximum Gasteiger partial charge on any atom is 0.125 e. The Balaban J connectivity index is 1.53. The number of nitriles is 1. The molecule has 0 saturated heterocycles. The third-order valence-corrected chi connectivity index (χ3v) is 6.05. The number of thiophene rings is 1. The Labute approximate surface area is 178 Å². The SMILES string of the molecule is Cc1ccc(C=Cc2cc3c(Nc4ccc5[nH]ccc5c4)c(C#N)cnc3s2)cc1. The molecular formula is C25H18N4S. The van der Waals surface area contributed by atoms with E-state index in [4.69, 9.17) is 0 Å². The van der Waals surface area contributed by atoms with Crippen LogP contribution in [0, 0.1) is 18.3 Å². The van der Waals surface area contributed by atoms with Crippen molar-refractivity contribution in [1.82, 2.24) is 9.97 Å². The Morgan fingerprint density at radius 3 is 2.77 bits per heavy atom. The van der Waals surface area contributed by atoms with Crippen LogP contribution in [0.2, 0.25) is 0 Å². The van der Waals surface area contributed by atoms with Crippen molar-refractivity contribution in [3.63, 3.8) is 0 Å². The number of nitrogens with zero attached hydrogens (tertiary/aromatic N) is 2. The van der Waals surface area contributed by atoms with Crippen molar-refractivity contribution >= 4 is 56.0 Å². The summed E-state index contributed by atoms with van der Waals surface area (Å²) in [6, 6.07) is 20.9. The number of rotatable bonds is 4. The van der Waals surface area contributed by atoms with Crippen molar-refractivity contribution in [1.29, 1.82) is 5.26 Å². The fourth-order valence-electron chi connectivity index (χ4n) is 3.44. The Hall–Kier alpha value is -3.88. The van der Waals surface area contributed by atoms with Crippen LogP contribution in [-0.4, -0.2) is 9.97 Å². The predicted octanol–water partition coefficient (Wildman–Crippen LogP) is 6.87. The van der Waals surface area contributed by atoms with Crippen molar-refractivity contribution in [2.24, 2.45) is 0 Å². The van der Waals surface area contributed by atoms with E-state index in [0.29, 0.717) is 5.56 Å². The smallest absolute Gasteiger partial charge is 0.125 e. The van der Waals surface area contributed by atoms with Gasteiger partial charge in [-0.1, -0.05) is 35.9 Å². The molecule has 0 aliphatic carbocycles. The Morgan fingerprint density at radius 2 is 1.93 bits per heavy atom. The summed E-state index contributed by atoms with van der Waals surface area (Å²) in [7, 11) is 0. The molecule has 3 aromatic heterocycles. The van der Waals surface area contributed by atoms with Gasteiger partial charge in [0.05, 0.1) is 11.3 Å². The lowest BCUT2D eigenvalue weighted by Crippen LogP contribution is -1.95. The summed E-state index contributed by atoms with van der Waals surface area (Å²) in [5, 5.41) is 15.2. The van der Waals surface area contributed by atoms with Gasteiger partial charge in [-0.05, 0) is 48.9 Å². The summed E-state index contributed by atoms with van der Waals surface area (Å²) in [6.45, 7) is 2.08. The average molecular weight is 407 g/mol. The molecule has 5 aromatic rings. The van der Waals surface area contributed by atoms with Gasteiger partial charge in [0, 0.05) is 39.2 Å². The van der Waals surface area contributed by atoms with E-state index in [0.717, 1.165) is 42.9 Å². The topological polar surface area (TPSA) is 64.5 Å². The summed E-state index contributed by atoms with van der Waals surface area (Å²) < 4.78 is 0. The monoisotopic (exact) mass is 406 g/mol. The molecule has 3 heterocycles. The summed E-state index contributed by atoms with van der Waals surface area (Å²) in [5.74, 6) is 0. The number of H-pyrrole nitrogens is 1. The minimum atomic E-state index is 0.531. The van der Waals surface area contributed by atoms with E-state index in [2.05, 4.69) is 76.8 Å². The van der Waals surface area contributed by atoms with Crippen molar-refractivity contribution in [3.8, 4) is 6.07 Å². The van der Waals surface area contributed by atoms with Crippen LogP contribution in [0.3, 0.4) is 0 Å². The molecule has 0 saturated carbocycles. The Bertz CT molecular complexity index is 1430. The first-order valence-corrected chi connectivity index (χ1v) is 10.4. The van der Waals surface area contributed by atoms with Crippen molar-refractivity contribution in [2.75, 3.05) is 5.32 Å². The highest BCUT2D eigenvalue weighted by Crippen LogP contribution is 2.35. The fourth-order valence-corrected chi connectivity index (χ4v) is 4.35. The molecule has 0 bridgehead atoms. The molecular weight excluding hydrogens is 388 g/mol. The summed E-state index contributed by atoms with van der Waals surface area (Å²) in [4.78, 5) is 9.70. The average Bonchev–Trinajstić information content (AvgIpc) is 3.40. The molecule has 5 heteroatoms. The number of nitrogens with one attached hydrogen (secondary N) is 2. The van der Waals surface area contributed by atoms with Crippen LogP contribution < -0.4 is 5.32 Å². The minimum absolute atomic E-state index is 0.531. The number of benzene rings is 2. The van der Waals surface area contributed by atoms with Gasteiger partial charge in [0.1, 0.15) is 10.9 Å². The molecule has 4 nitrogen and oxygen atoms in total. The molecule has 5 rings (SSSR count). The van der Waals surface area contributed by atoms with E-state index in [1.54, 1.807) is 17.5 Å². The highest BCUT2D eigenvalue weighted by atomic mass is 32.1. The molecule has 30 heavy (non-hydrogen) atoms. The highest BCUT2D eigenvalue weighted by Gasteiger charge is 2.12. The molecule has 0 radical (unpaired) electrons. The van der Waals surface area contributed by atoms with E-state index in [-0.39, 0.29) is 0 Å². The highest BCUT2D eigenvalue weighted by molar-refractivity contribution is 7.19. The van der Waals surface area contributed by atoms with Crippen LogP contribution in [0.1, 0.15) is 21.6 Å². The lowest BCUT2D eigenvalue weighted by Gasteiger charge is -2.09. The predicted molar refractivity (Wildman–Crippen MR) is 126 cm³/mol. The third kappa shape index (κ3) is 3.45. The molecule has 0 atom stereocenters. The molecule has 0 spiro atoms. The molecule has 0 aliphatic rings. The van der Waals surface area contributed by atoms with Crippen molar-refractivity contribution in [2.45, 2.75) is 6.92 Å². The largest absolute Gasteiger partial charge is 0.361 e. The van der Waals surface area contributed by atoms with Gasteiger partial charge >= 0.3 is 0 Å². The second kappa shape index (κ2) is 7.51. The lowest BCUT2D eigenvalue weighted by molar-refractivity contribution is 1.38. The van der Waals surface area contributed by atoms with Crippen LogP contribution in [-0.2, 0) is 0 Å². The van der Waals surface area contributed by atoms with Crippen LogP contribution in [0.15, 0.2) is 67.0 Å². The third-order valence-electron chi connectivity index (χ3n) is 5.04. The lowest BCUT2D eigenvalue weighted by atomic mass is 10.1. The van der Waals surface area contributed by atoms with Gasteiger partial charge in [0.2, 0.25) is 0 Å². The molecule has 0 aliphatic heterocycles. The number of aromatic nitrogens is 2. The van der Waals surface area contributed by atoms with E-state index < -0.39 is 0 Å². The number of hydrogen-bond acceptors (Lipinski definition) is 4. The zero-order valence-corrected chi connectivity index (χ0v) is 17.1. The quantitative estimate of drug-likeness (QED) is 0.342. The number of aromatic amines is 1. The second-order valence-corrected chi connectivity index (χ2v) is 8.24. The van der Waals surface area contributed by atoms with Gasteiger partial charge in [0.25, 0.3) is 0 Å². The second-order valence-electron chi connectivity index (χ2n) is 7.17. The number of hydrogen-bond donors (Lipinski definition) is 2. The van der Waals surface area contributed by atoms with Crippen LogP contribution in [0.4, 0.5) is 11.4 Å². The maximum atomic E-state index is 9.63. The summed E-state index contributed by atoms with van der Waals surface area (Å²) in [6.07, 6.45) is 7.76. The molecule has 144 valence electrons. The molecule has 2 N–H and O–H groups in total. The number of aryl methyl sites for hydroxylation is 1. The summed E-state index contributed by atoms with van der Waals surface area (Å²) >= 11 is 1.62. The standard InChI is InChI=1S/C25H18N4S/c1-16-2-4-17(5-3-16)6-8-21-13-22-24(19(14-26)15-28-25(22)30-21)29-20-7-9-23-18(12-20)10-11-27-23/h2-13,15,27H,1H3,(H,28,29). The first-order valence-electron chi connectivity index (χ1n) is 9.61. The van der Waals surface area contributed by atoms with Crippen LogP contribution >= 0.6 is 11.3 Å². The van der Waals surface area contributed by atoms with Gasteiger partial charge in [0.15, 0.2) is 0 Å². The van der Waals surface area contributed by atoms with Gasteiger partial charge < -0.3 is 10.3 Å². The minimum Gasteiger partial charge on any atom is -0.361 e. The van der Waals surface area contributed by atoms with Gasteiger partial charge in [-0.15, -0.1) is 11.3 Å². The summed E-state index contributed by atoms with van der Waals surface area (Å²) in [5.41, 5.74) is 5.75. The van der Waals surface area contributed by atoms with Gasteiger partial charge in [-0.3, -0.25) is 0 Å². The molecule has 0 fully saturated rings. The van der Waals surface area contributed by atoms with Crippen LogP contribution in [0.5, 0.6) is 0 Å². The normalized spacial score (nSPS) is 11.3. The number of anilines is 2. The Kier molecular flexibility index (Phi) is 4.55. The number of pyridine rings is 1. The Morgan fingerprint density at radius 1 is 1.07 bits per heavy atom. The van der Waals surface area contributed by atoms with Gasteiger partial charge in [-0.25, -0.2) is 4.98 Å². The zero-order valence-electron chi connectivity index (χ0n) is 16.3. The first kappa shape index (κ1) is 18.2. The maximum absolute atomic E-state index is 9.63.